The van der Waals surface area contributed by atoms with Gasteiger partial charge in [0.25, 0.3) is 0 Å². The number of halogens is 1. The highest BCUT2D eigenvalue weighted by molar-refractivity contribution is 9.08. The van der Waals surface area contributed by atoms with Crippen molar-refractivity contribution in [2.24, 2.45) is 0 Å². The number of aromatic nitrogens is 2. The van der Waals surface area contributed by atoms with Gasteiger partial charge < -0.3 is 5.11 Å². The fraction of sp³-hybridized carbons (Fsp3) is 0.625. The SMILES string of the molecule is CC(C)(O)Cn1ccc(CBr)n1. The van der Waals surface area contributed by atoms with Crippen LogP contribution >= 0.6 is 15.9 Å². The molecule has 0 aliphatic carbocycles. The van der Waals surface area contributed by atoms with Crippen LogP contribution in [0.4, 0.5) is 0 Å². The standard InChI is InChI=1S/C8H13BrN2O/c1-8(2,12)6-11-4-3-7(5-9)10-11/h3-4,12H,5-6H2,1-2H3. The van der Waals surface area contributed by atoms with Gasteiger partial charge >= 0.3 is 0 Å². The highest BCUT2D eigenvalue weighted by Crippen LogP contribution is 2.07. The van der Waals surface area contributed by atoms with Crippen molar-refractivity contribution in [2.45, 2.75) is 31.3 Å². The van der Waals surface area contributed by atoms with Crippen molar-refractivity contribution >= 4 is 15.9 Å². The molecule has 0 amide bonds. The molecule has 0 aliphatic heterocycles. The number of nitrogens with zero attached hydrogens (tertiary/aromatic N) is 2. The maximum atomic E-state index is 9.48. The molecular formula is C8H13BrN2O. The predicted molar refractivity (Wildman–Crippen MR) is 51.2 cm³/mol. The van der Waals surface area contributed by atoms with E-state index in [0.29, 0.717) is 6.54 Å². The molecule has 0 bridgehead atoms. The van der Waals surface area contributed by atoms with Gasteiger partial charge in [0, 0.05) is 11.5 Å². The molecule has 0 spiro atoms. The number of alkyl halides is 1. The Morgan fingerprint density at radius 3 is 2.75 bits per heavy atom. The second kappa shape index (κ2) is 3.58. The van der Waals surface area contributed by atoms with Gasteiger partial charge in [0.2, 0.25) is 0 Å². The summed E-state index contributed by atoms with van der Waals surface area (Å²) < 4.78 is 1.75. The molecule has 3 nitrogen and oxygen atoms in total. The molecular weight excluding hydrogens is 220 g/mol. The Hall–Kier alpha value is -0.350. The number of hydrogen-bond donors (Lipinski definition) is 1. The molecule has 0 aliphatic rings. The summed E-state index contributed by atoms with van der Waals surface area (Å²) in [5, 5.41) is 14.5. The zero-order chi connectivity index (χ0) is 9.19. The second-order valence-electron chi connectivity index (χ2n) is 3.45. The topological polar surface area (TPSA) is 38.0 Å². The van der Waals surface area contributed by atoms with Gasteiger partial charge in [-0.25, -0.2) is 0 Å². The summed E-state index contributed by atoms with van der Waals surface area (Å²) in [6.07, 6.45) is 1.87. The largest absolute Gasteiger partial charge is 0.389 e. The molecule has 0 saturated heterocycles. The first-order valence-electron chi connectivity index (χ1n) is 3.82. The highest BCUT2D eigenvalue weighted by atomic mass is 79.9. The van der Waals surface area contributed by atoms with Gasteiger partial charge in [0.15, 0.2) is 0 Å². The smallest absolute Gasteiger partial charge is 0.0786 e. The molecule has 1 aromatic heterocycles. The fourth-order valence-electron chi connectivity index (χ4n) is 0.959. The van der Waals surface area contributed by atoms with Crippen molar-refractivity contribution in [3.05, 3.63) is 18.0 Å². The lowest BCUT2D eigenvalue weighted by atomic mass is 10.1. The molecule has 0 radical (unpaired) electrons. The van der Waals surface area contributed by atoms with E-state index in [-0.39, 0.29) is 0 Å². The van der Waals surface area contributed by atoms with Crippen LogP contribution in [0.2, 0.25) is 0 Å². The molecule has 0 unspecified atom stereocenters. The molecule has 12 heavy (non-hydrogen) atoms. The Morgan fingerprint density at radius 1 is 1.67 bits per heavy atom. The summed E-state index contributed by atoms with van der Waals surface area (Å²) in [7, 11) is 0. The molecule has 1 aromatic rings. The van der Waals surface area contributed by atoms with Crippen LogP contribution in [-0.2, 0) is 11.9 Å². The Bertz CT molecular complexity index is 252. The minimum atomic E-state index is -0.699. The first-order chi connectivity index (χ1) is 5.51. The lowest BCUT2D eigenvalue weighted by molar-refractivity contribution is 0.0577. The van der Waals surface area contributed by atoms with Gasteiger partial charge in [-0.3, -0.25) is 4.68 Å². The van der Waals surface area contributed by atoms with E-state index in [4.69, 9.17) is 0 Å². The van der Waals surface area contributed by atoms with Crippen LogP contribution in [0.1, 0.15) is 19.5 Å². The van der Waals surface area contributed by atoms with Crippen LogP contribution in [0.3, 0.4) is 0 Å². The quantitative estimate of drug-likeness (QED) is 0.804. The van der Waals surface area contributed by atoms with Gasteiger partial charge in [-0.15, -0.1) is 0 Å². The molecule has 0 aromatic carbocycles. The Kier molecular flexibility index (Phi) is 2.90. The van der Waals surface area contributed by atoms with Gasteiger partial charge in [0.1, 0.15) is 0 Å². The van der Waals surface area contributed by atoms with E-state index >= 15 is 0 Å². The summed E-state index contributed by atoms with van der Waals surface area (Å²) in [5.41, 5.74) is 0.287. The number of aliphatic hydroxyl groups is 1. The second-order valence-corrected chi connectivity index (χ2v) is 4.01. The average molecular weight is 233 g/mol. The molecule has 0 saturated carbocycles. The molecule has 1 heterocycles. The van der Waals surface area contributed by atoms with Gasteiger partial charge in [-0.05, 0) is 19.9 Å². The summed E-state index contributed by atoms with van der Waals surface area (Å²) in [6.45, 7) is 4.06. The summed E-state index contributed by atoms with van der Waals surface area (Å²) in [6, 6.07) is 1.93. The van der Waals surface area contributed by atoms with Crippen molar-refractivity contribution in [3.63, 3.8) is 0 Å². The van der Waals surface area contributed by atoms with Crippen molar-refractivity contribution in [3.8, 4) is 0 Å². The monoisotopic (exact) mass is 232 g/mol. The van der Waals surface area contributed by atoms with Crippen LogP contribution in [0.5, 0.6) is 0 Å². The van der Waals surface area contributed by atoms with E-state index in [0.717, 1.165) is 11.0 Å². The van der Waals surface area contributed by atoms with E-state index in [9.17, 15) is 5.11 Å². The third-order valence-electron chi connectivity index (χ3n) is 1.38. The van der Waals surface area contributed by atoms with E-state index in [1.165, 1.54) is 0 Å². The van der Waals surface area contributed by atoms with Gasteiger partial charge in [0.05, 0.1) is 17.8 Å². The van der Waals surface area contributed by atoms with Crippen LogP contribution in [0, 0.1) is 0 Å². The Morgan fingerprint density at radius 2 is 2.33 bits per heavy atom. The van der Waals surface area contributed by atoms with E-state index in [1.54, 1.807) is 18.5 Å². The van der Waals surface area contributed by atoms with Crippen LogP contribution < -0.4 is 0 Å². The lowest BCUT2D eigenvalue weighted by Gasteiger charge is -2.16. The van der Waals surface area contributed by atoms with Crippen molar-refractivity contribution in [2.75, 3.05) is 0 Å². The minimum Gasteiger partial charge on any atom is -0.389 e. The number of hydrogen-bond acceptors (Lipinski definition) is 2. The van der Waals surface area contributed by atoms with Gasteiger partial charge in [-0.1, -0.05) is 15.9 Å². The summed E-state index contributed by atoms with van der Waals surface area (Å²) >= 11 is 3.31. The minimum absolute atomic E-state index is 0.528. The van der Waals surface area contributed by atoms with Crippen molar-refractivity contribution in [1.82, 2.24) is 9.78 Å². The maximum Gasteiger partial charge on any atom is 0.0786 e. The molecule has 0 atom stereocenters. The van der Waals surface area contributed by atoms with Crippen LogP contribution in [-0.4, -0.2) is 20.5 Å². The number of rotatable bonds is 3. The van der Waals surface area contributed by atoms with E-state index < -0.39 is 5.60 Å². The summed E-state index contributed by atoms with van der Waals surface area (Å²) in [5.74, 6) is 0. The normalized spacial score (nSPS) is 12.0. The first-order valence-corrected chi connectivity index (χ1v) is 4.94. The lowest BCUT2D eigenvalue weighted by Crippen LogP contribution is -2.26. The van der Waals surface area contributed by atoms with Crippen molar-refractivity contribution in [1.29, 1.82) is 0 Å². The Labute approximate surface area is 80.5 Å². The third kappa shape index (κ3) is 2.95. The van der Waals surface area contributed by atoms with Crippen LogP contribution in [0.15, 0.2) is 12.3 Å². The average Bonchev–Trinajstić information content (AvgIpc) is 2.32. The maximum absolute atomic E-state index is 9.48. The fourth-order valence-corrected chi connectivity index (χ4v) is 1.26. The van der Waals surface area contributed by atoms with Gasteiger partial charge in [-0.2, -0.15) is 5.10 Å². The van der Waals surface area contributed by atoms with E-state index in [1.807, 2.05) is 12.3 Å². The third-order valence-corrected chi connectivity index (χ3v) is 1.96. The zero-order valence-electron chi connectivity index (χ0n) is 7.29. The molecule has 4 heteroatoms. The summed E-state index contributed by atoms with van der Waals surface area (Å²) in [4.78, 5) is 0. The first kappa shape index (κ1) is 9.74. The predicted octanol–water partition coefficient (Wildman–Crippen LogP) is 1.55. The highest BCUT2D eigenvalue weighted by Gasteiger charge is 2.13. The molecule has 1 N–H and O–H groups in total. The van der Waals surface area contributed by atoms with E-state index in [2.05, 4.69) is 21.0 Å². The Balaban J connectivity index is 2.64. The van der Waals surface area contributed by atoms with Crippen molar-refractivity contribution < 1.29 is 5.11 Å². The molecule has 0 fully saturated rings. The molecule has 68 valence electrons. The molecule has 1 rings (SSSR count). The van der Waals surface area contributed by atoms with Crippen LogP contribution in [0.25, 0.3) is 0 Å². The zero-order valence-corrected chi connectivity index (χ0v) is 8.87.